The van der Waals surface area contributed by atoms with Crippen molar-refractivity contribution in [1.82, 2.24) is 9.55 Å². The Balaban J connectivity index is 2.10. The van der Waals surface area contributed by atoms with Crippen LogP contribution in [0.25, 0.3) is 11.3 Å². The van der Waals surface area contributed by atoms with Crippen LogP contribution in [-0.4, -0.2) is 9.55 Å². The first-order chi connectivity index (χ1) is 12.0. The van der Waals surface area contributed by atoms with E-state index in [2.05, 4.69) is 68.7 Å². The van der Waals surface area contributed by atoms with Gasteiger partial charge in [0, 0.05) is 12.0 Å². The van der Waals surface area contributed by atoms with Gasteiger partial charge in [0.15, 0.2) is 0 Å². The molecule has 3 aromatic rings. The molecule has 1 heterocycles. The van der Waals surface area contributed by atoms with Crippen molar-refractivity contribution in [3.8, 4) is 11.3 Å². The van der Waals surface area contributed by atoms with E-state index in [4.69, 9.17) is 10.7 Å². The molecule has 0 amide bonds. The van der Waals surface area contributed by atoms with E-state index in [-0.39, 0.29) is 0 Å². The van der Waals surface area contributed by atoms with E-state index in [0.29, 0.717) is 0 Å². The number of aromatic nitrogens is 2. The Hall–Kier alpha value is -2.55. The summed E-state index contributed by atoms with van der Waals surface area (Å²) in [6.45, 7) is 9.36. The number of nitrogens with zero attached hydrogens (tertiary/aromatic N) is 2. The lowest BCUT2D eigenvalue weighted by molar-refractivity contribution is 0.712. The lowest BCUT2D eigenvalue weighted by Gasteiger charge is -2.11. The van der Waals surface area contributed by atoms with Gasteiger partial charge in [-0.05, 0) is 55.5 Å². The Morgan fingerprint density at radius 1 is 0.960 bits per heavy atom. The summed E-state index contributed by atoms with van der Waals surface area (Å²) in [5.41, 5.74) is 13.7. The van der Waals surface area contributed by atoms with E-state index >= 15 is 0 Å². The van der Waals surface area contributed by atoms with Crippen molar-refractivity contribution in [3.63, 3.8) is 0 Å². The molecule has 2 aromatic carbocycles. The maximum absolute atomic E-state index is 6.57. The summed E-state index contributed by atoms with van der Waals surface area (Å²) in [7, 11) is 0. The van der Waals surface area contributed by atoms with Crippen molar-refractivity contribution < 1.29 is 0 Å². The van der Waals surface area contributed by atoms with Crippen LogP contribution < -0.4 is 5.73 Å². The van der Waals surface area contributed by atoms with Crippen LogP contribution in [0.4, 0.5) is 5.82 Å². The second-order valence-electron chi connectivity index (χ2n) is 6.84. The molecular weight excluding hydrogens is 306 g/mol. The first-order valence-corrected chi connectivity index (χ1v) is 8.98. The minimum Gasteiger partial charge on any atom is -0.383 e. The zero-order valence-corrected chi connectivity index (χ0v) is 15.6. The average Bonchev–Trinajstić information content (AvgIpc) is 2.89. The van der Waals surface area contributed by atoms with Gasteiger partial charge in [-0.15, -0.1) is 0 Å². The molecule has 2 N–H and O–H groups in total. The minimum absolute atomic E-state index is 0.763. The maximum atomic E-state index is 6.57. The molecule has 3 heteroatoms. The maximum Gasteiger partial charge on any atom is 0.132 e. The first kappa shape index (κ1) is 17.3. The topological polar surface area (TPSA) is 43.8 Å². The number of nitrogens with two attached hydrogens (primary N) is 1. The molecule has 0 aliphatic carbocycles. The van der Waals surface area contributed by atoms with Gasteiger partial charge in [0.2, 0.25) is 0 Å². The van der Waals surface area contributed by atoms with Crippen molar-refractivity contribution in [1.29, 1.82) is 0 Å². The smallest absolute Gasteiger partial charge is 0.132 e. The SMILES string of the molecule is CCCc1nc(-c2cc(C)c(C)cc2C)c(N)n1Cc1ccccc1. The highest BCUT2D eigenvalue weighted by Crippen LogP contribution is 2.31. The number of aryl methyl sites for hydroxylation is 4. The van der Waals surface area contributed by atoms with Crippen molar-refractivity contribution in [2.45, 2.75) is 47.1 Å². The van der Waals surface area contributed by atoms with Gasteiger partial charge < -0.3 is 10.3 Å². The van der Waals surface area contributed by atoms with Gasteiger partial charge in [0.25, 0.3) is 0 Å². The third kappa shape index (κ3) is 3.46. The highest BCUT2D eigenvalue weighted by atomic mass is 15.1. The summed E-state index contributed by atoms with van der Waals surface area (Å²) in [5, 5.41) is 0. The quantitative estimate of drug-likeness (QED) is 0.709. The zero-order chi connectivity index (χ0) is 18.0. The Bertz CT molecular complexity index is 876. The summed E-state index contributed by atoms with van der Waals surface area (Å²) in [5.74, 6) is 1.83. The van der Waals surface area contributed by atoms with Gasteiger partial charge in [0.05, 0.1) is 6.54 Å². The van der Waals surface area contributed by atoms with Crippen LogP contribution in [0.15, 0.2) is 42.5 Å². The van der Waals surface area contributed by atoms with Gasteiger partial charge in [0.1, 0.15) is 17.3 Å². The number of hydrogen-bond donors (Lipinski definition) is 1. The number of rotatable bonds is 5. The fraction of sp³-hybridized carbons (Fsp3) is 0.318. The van der Waals surface area contributed by atoms with Crippen LogP contribution in [0, 0.1) is 20.8 Å². The Morgan fingerprint density at radius 3 is 2.32 bits per heavy atom. The summed E-state index contributed by atoms with van der Waals surface area (Å²) < 4.78 is 2.17. The Morgan fingerprint density at radius 2 is 1.64 bits per heavy atom. The van der Waals surface area contributed by atoms with E-state index in [1.807, 2.05) is 6.07 Å². The van der Waals surface area contributed by atoms with Crippen molar-refractivity contribution in [2.75, 3.05) is 5.73 Å². The second kappa shape index (κ2) is 7.14. The van der Waals surface area contributed by atoms with Gasteiger partial charge in [-0.1, -0.05) is 43.3 Å². The highest BCUT2D eigenvalue weighted by molar-refractivity contribution is 5.74. The number of benzene rings is 2. The van der Waals surface area contributed by atoms with Gasteiger partial charge in [-0.3, -0.25) is 0 Å². The summed E-state index contributed by atoms with van der Waals surface area (Å²) in [4.78, 5) is 4.94. The average molecular weight is 333 g/mol. The van der Waals surface area contributed by atoms with Crippen LogP contribution in [0.1, 0.15) is 41.4 Å². The molecule has 0 aliphatic heterocycles. The van der Waals surface area contributed by atoms with E-state index in [0.717, 1.165) is 42.3 Å². The summed E-state index contributed by atoms with van der Waals surface area (Å²) >= 11 is 0. The molecule has 130 valence electrons. The van der Waals surface area contributed by atoms with Crippen molar-refractivity contribution >= 4 is 5.82 Å². The number of hydrogen-bond acceptors (Lipinski definition) is 2. The van der Waals surface area contributed by atoms with Gasteiger partial charge in [-0.2, -0.15) is 0 Å². The zero-order valence-electron chi connectivity index (χ0n) is 15.6. The third-order valence-corrected chi connectivity index (χ3v) is 4.84. The van der Waals surface area contributed by atoms with Gasteiger partial charge >= 0.3 is 0 Å². The molecule has 0 radical (unpaired) electrons. The fourth-order valence-corrected chi connectivity index (χ4v) is 3.28. The largest absolute Gasteiger partial charge is 0.383 e. The van der Waals surface area contributed by atoms with E-state index in [1.165, 1.54) is 22.3 Å². The lowest BCUT2D eigenvalue weighted by atomic mass is 9.99. The molecule has 25 heavy (non-hydrogen) atoms. The molecular formula is C22H27N3. The van der Waals surface area contributed by atoms with E-state index in [1.54, 1.807) is 0 Å². The molecule has 0 spiro atoms. The molecule has 0 saturated heterocycles. The molecule has 0 atom stereocenters. The molecule has 3 rings (SSSR count). The van der Waals surface area contributed by atoms with Crippen LogP contribution in [0.5, 0.6) is 0 Å². The molecule has 1 aromatic heterocycles. The minimum atomic E-state index is 0.763. The van der Waals surface area contributed by atoms with Crippen LogP contribution >= 0.6 is 0 Å². The molecule has 0 saturated carbocycles. The Labute approximate surface area is 150 Å². The lowest BCUT2D eigenvalue weighted by Crippen LogP contribution is -2.08. The first-order valence-electron chi connectivity index (χ1n) is 8.98. The monoisotopic (exact) mass is 333 g/mol. The van der Waals surface area contributed by atoms with Crippen LogP contribution in [0.3, 0.4) is 0 Å². The van der Waals surface area contributed by atoms with Crippen LogP contribution in [0.2, 0.25) is 0 Å². The number of imidazole rings is 1. The highest BCUT2D eigenvalue weighted by Gasteiger charge is 2.18. The Kier molecular flexibility index (Phi) is 4.93. The number of nitrogen functional groups attached to an aromatic ring is 1. The molecule has 0 unspecified atom stereocenters. The summed E-state index contributed by atoms with van der Waals surface area (Å²) in [6, 6.07) is 14.9. The van der Waals surface area contributed by atoms with Crippen LogP contribution in [-0.2, 0) is 13.0 Å². The summed E-state index contributed by atoms with van der Waals surface area (Å²) in [6.07, 6.45) is 1.98. The standard InChI is InChI=1S/C22H27N3/c1-5-9-20-24-21(19-13-16(3)15(2)12-17(19)4)22(23)25(20)14-18-10-7-6-8-11-18/h6-8,10-13H,5,9,14,23H2,1-4H3. The fourth-order valence-electron chi connectivity index (χ4n) is 3.28. The predicted octanol–water partition coefficient (Wildman–Crippen LogP) is 5.06. The predicted molar refractivity (Wildman–Crippen MR) is 106 cm³/mol. The van der Waals surface area contributed by atoms with Gasteiger partial charge in [-0.25, -0.2) is 4.98 Å². The number of anilines is 1. The van der Waals surface area contributed by atoms with E-state index in [9.17, 15) is 0 Å². The van der Waals surface area contributed by atoms with Crippen molar-refractivity contribution in [3.05, 3.63) is 70.5 Å². The molecule has 0 bridgehead atoms. The molecule has 0 fully saturated rings. The van der Waals surface area contributed by atoms with Crippen molar-refractivity contribution in [2.24, 2.45) is 0 Å². The van der Waals surface area contributed by atoms with E-state index < -0.39 is 0 Å². The molecule has 0 aliphatic rings. The third-order valence-electron chi connectivity index (χ3n) is 4.84. The second-order valence-corrected chi connectivity index (χ2v) is 6.84. The molecule has 3 nitrogen and oxygen atoms in total. The normalized spacial score (nSPS) is 11.0.